The second kappa shape index (κ2) is 6.04. The Bertz CT molecular complexity index is 461. The molecular weight excluding hydrogens is 246 g/mol. The fourth-order valence-electron chi connectivity index (χ4n) is 2.15. The van der Waals surface area contributed by atoms with Gasteiger partial charge < -0.3 is 19.5 Å². The highest BCUT2D eigenvalue weighted by atomic mass is 16.5. The number of nitrogens with zero attached hydrogens (tertiary/aromatic N) is 1. The van der Waals surface area contributed by atoms with Crippen LogP contribution in [0.3, 0.4) is 0 Å². The molecule has 0 aliphatic carbocycles. The van der Waals surface area contributed by atoms with Crippen molar-refractivity contribution in [1.82, 2.24) is 4.90 Å². The van der Waals surface area contributed by atoms with Crippen LogP contribution in [0.25, 0.3) is 0 Å². The van der Waals surface area contributed by atoms with E-state index in [2.05, 4.69) is 4.90 Å². The van der Waals surface area contributed by atoms with Crippen LogP contribution in [0.2, 0.25) is 0 Å². The van der Waals surface area contributed by atoms with Crippen molar-refractivity contribution in [1.29, 1.82) is 0 Å². The summed E-state index contributed by atoms with van der Waals surface area (Å²) in [7, 11) is 2.05. The van der Waals surface area contributed by atoms with Crippen molar-refractivity contribution in [2.75, 3.05) is 33.4 Å². The van der Waals surface area contributed by atoms with Gasteiger partial charge in [-0.1, -0.05) is 6.07 Å². The summed E-state index contributed by atoms with van der Waals surface area (Å²) < 4.78 is 11.3. The second-order valence-corrected chi connectivity index (χ2v) is 4.80. The maximum atomic E-state index is 11.0. The number of morpholine rings is 1. The standard InChI is InChI=1S/C14H19NO4/c1-10-12(14(16)17)4-3-5-13(10)19-9-11-8-15(2)6-7-18-11/h3-5,11H,6-9H2,1-2H3,(H,16,17). The Hall–Kier alpha value is -1.59. The van der Waals surface area contributed by atoms with Crippen LogP contribution in [-0.4, -0.2) is 55.4 Å². The van der Waals surface area contributed by atoms with E-state index in [4.69, 9.17) is 14.6 Å². The molecule has 0 aromatic heterocycles. The first kappa shape index (κ1) is 13.8. The molecule has 1 saturated heterocycles. The average Bonchev–Trinajstić information content (AvgIpc) is 2.37. The largest absolute Gasteiger partial charge is 0.491 e. The normalized spacial score (nSPS) is 20.2. The van der Waals surface area contributed by atoms with Gasteiger partial charge in [0.2, 0.25) is 0 Å². The Morgan fingerprint density at radius 1 is 1.58 bits per heavy atom. The molecular formula is C14H19NO4. The van der Waals surface area contributed by atoms with E-state index < -0.39 is 5.97 Å². The predicted octanol–water partition coefficient (Wildman–Crippen LogP) is 1.40. The van der Waals surface area contributed by atoms with E-state index in [0.717, 1.165) is 13.1 Å². The molecule has 0 saturated carbocycles. The summed E-state index contributed by atoms with van der Waals surface area (Å²) in [5.74, 6) is -0.326. The minimum absolute atomic E-state index is 0.0339. The monoisotopic (exact) mass is 265 g/mol. The summed E-state index contributed by atoms with van der Waals surface area (Å²) in [6, 6.07) is 5.06. The smallest absolute Gasteiger partial charge is 0.336 e. The van der Waals surface area contributed by atoms with E-state index in [9.17, 15) is 4.79 Å². The molecule has 2 rings (SSSR count). The number of carbonyl (C=O) groups is 1. The number of likely N-dealkylation sites (N-methyl/N-ethyl adjacent to an activating group) is 1. The van der Waals surface area contributed by atoms with Gasteiger partial charge in [-0.3, -0.25) is 0 Å². The minimum Gasteiger partial charge on any atom is -0.491 e. The Morgan fingerprint density at radius 2 is 2.37 bits per heavy atom. The highest BCUT2D eigenvalue weighted by Crippen LogP contribution is 2.22. The van der Waals surface area contributed by atoms with Gasteiger partial charge in [-0.25, -0.2) is 4.79 Å². The summed E-state index contributed by atoms with van der Waals surface area (Å²) in [5, 5.41) is 9.05. The molecule has 1 aliphatic heterocycles. The zero-order valence-corrected chi connectivity index (χ0v) is 11.3. The zero-order chi connectivity index (χ0) is 13.8. The third kappa shape index (κ3) is 3.45. The Balaban J connectivity index is 1.99. The van der Waals surface area contributed by atoms with Crippen molar-refractivity contribution in [2.24, 2.45) is 0 Å². The van der Waals surface area contributed by atoms with Gasteiger partial charge in [0.1, 0.15) is 18.5 Å². The number of carboxylic acid groups (broad SMARTS) is 1. The highest BCUT2D eigenvalue weighted by Gasteiger charge is 2.19. The van der Waals surface area contributed by atoms with Gasteiger partial charge >= 0.3 is 5.97 Å². The molecule has 19 heavy (non-hydrogen) atoms. The summed E-state index contributed by atoms with van der Waals surface area (Å²) in [4.78, 5) is 13.2. The molecule has 1 aromatic carbocycles. The Labute approximate surface area is 112 Å². The lowest BCUT2D eigenvalue weighted by Crippen LogP contribution is -2.42. The minimum atomic E-state index is -0.934. The molecule has 5 heteroatoms. The molecule has 0 radical (unpaired) electrons. The predicted molar refractivity (Wildman–Crippen MR) is 70.9 cm³/mol. The topological polar surface area (TPSA) is 59.0 Å². The van der Waals surface area contributed by atoms with Crippen LogP contribution in [-0.2, 0) is 4.74 Å². The van der Waals surface area contributed by atoms with Crippen molar-refractivity contribution in [3.63, 3.8) is 0 Å². The van der Waals surface area contributed by atoms with Crippen LogP contribution >= 0.6 is 0 Å². The molecule has 0 bridgehead atoms. The van der Waals surface area contributed by atoms with Gasteiger partial charge in [-0.15, -0.1) is 0 Å². The van der Waals surface area contributed by atoms with Crippen LogP contribution in [0.1, 0.15) is 15.9 Å². The molecule has 1 unspecified atom stereocenters. The van der Waals surface area contributed by atoms with Crippen LogP contribution in [0, 0.1) is 6.92 Å². The van der Waals surface area contributed by atoms with Gasteiger partial charge in [0.25, 0.3) is 0 Å². The lowest BCUT2D eigenvalue weighted by molar-refractivity contribution is -0.0404. The summed E-state index contributed by atoms with van der Waals surface area (Å²) in [5.41, 5.74) is 0.929. The first-order valence-corrected chi connectivity index (χ1v) is 6.34. The van der Waals surface area contributed by atoms with Crippen molar-refractivity contribution in [2.45, 2.75) is 13.0 Å². The lowest BCUT2D eigenvalue weighted by atomic mass is 10.1. The SMILES string of the molecule is Cc1c(OCC2CN(C)CCO2)cccc1C(=O)O. The fourth-order valence-corrected chi connectivity index (χ4v) is 2.15. The molecule has 1 atom stereocenters. The van der Waals surface area contributed by atoms with Gasteiger partial charge in [0.05, 0.1) is 12.2 Å². The van der Waals surface area contributed by atoms with Crippen LogP contribution in [0.4, 0.5) is 0 Å². The third-order valence-corrected chi connectivity index (χ3v) is 3.28. The number of benzene rings is 1. The number of hydrogen-bond acceptors (Lipinski definition) is 4. The molecule has 0 amide bonds. The maximum absolute atomic E-state index is 11.0. The van der Waals surface area contributed by atoms with E-state index in [1.807, 2.05) is 7.05 Å². The Kier molecular flexibility index (Phi) is 4.39. The molecule has 5 nitrogen and oxygen atoms in total. The zero-order valence-electron chi connectivity index (χ0n) is 11.3. The van der Waals surface area contributed by atoms with Crippen LogP contribution < -0.4 is 4.74 Å². The average molecular weight is 265 g/mol. The van der Waals surface area contributed by atoms with Crippen LogP contribution in [0.5, 0.6) is 5.75 Å². The Morgan fingerprint density at radius 3 is 3.05 bits per heavy atom. The van der Waals surface area contributed by atoms with Gasteiger partial charge in [0, 0.05) is 18.7 Å². The van der Waals surface area contributed by atoms with Crippen molar-refractivity contribution >= 4 is 5.97 Å². The number of carboxylic acids is 1. The molecule has 1 aliphatic rings. The van der Waals surface area contributed by atoms with E-state index in [-0.39, 0.29) is 11.7 Å². The van der Waals surface area contributed by atoms with Crippen molar-refractivity contribution in [3.8, 4) is 5.75 Å². The number of hydrogen-bond donors (Lipinski definition) is 1. The lowest BCUT2D eigenvalue weighted by Gasteiger charge is -2.30. The summed E-state index contributed by atoms with van der Waals surface area (Å²) in [6.07, 6.45) is 0.0339. The number of rotatable bonds is 4. The van der Waals surface area contributed by atoms with E-state index in [0.29, 0.717) is 24.5 Å². The van der Waals surface area contributed by atoms with Gasteiger partial charge in [0.15, 0.2) is 0 Å². The molecule has 1 N–H and O–H groups in total. The molecule has 104 valence electrons. The summed E-state index contributed by atoms with van der Waals surface area (Å²) in [6.45, 7) is 4.67. The van der Waals surface area contributed by atoms with Crippen molar-refractivity contribution in [3.05, 3.63) is 29.3 Å². The van der Waals surface area contributed by atoms with Gasteiger partial charge in [-0.05, 0) is 26.1 Å². The quantitative estimate of drug-likeness (QED) is 0.891. The van der Waals surface area contributed by atoms with E-state index in [1.54, 1.807) is 25.1 Å². The van der Waals surface area contributed by atoms with E-state index in [1.165, 1.54) is 0 Å². The molecule has 1 fully saturated rings. The highest BCUT2D eigenvalue weighted by molar-refractivity contribution is 5.90. The van der Waals surface area contributed by atoms with E-state index >= 15 is 0 Å². The van der Waals surface area contributed by atoms with Crippen molar-refractivity contribution < 1.29 is 19.4 Å². The maximum Gasteiger partial charge on any atom is 0.336 e. The first-order valence-electron chi connectivity index (χ1n) is 6.34. The third-order valence-electron chi connectivity index (χ3n) is 3.28. The first-order chi connectivity index (χ1) is 9.08. The molecule has 1 heterocycles. The fraction of sp³-hybridized carbons (Fsp3) is 0.500. The molecule has 0 spiro atoms. The number of ether oxygens (including phenoxy) is 2. The number of aromatic carboxylic acids is 1. The summed E-state index contributed by atoms with van der Waals surface area (Å²) >= 11 is 0. The van der Waals surface area contributed by atoms with Crippen LogP contribution in [0.15, 0.2) is 18.2 Å². The second-order valence-electron chi connectivity index (χ2n) is 4.80. The van der Waals surface area contributed by atoms with Gasteiger partial charge in [-0.2, -0.15) is 0 Å². The molecule has 1 aromatic rings.